The van der Waals surface area contributed by atoms with Gasteiger partial charge in [0.2, 0.25) is 0 Å². The fourth-order valence-corrected chi connectivity index (χ4v) is 4.67. The Morgan fingerprint density at radius 2 is 2.11 bits per heavy atom. The summed E-state index contributed by atoms with van der Waals surface area (Å²) in [7, 11) is 0. The summed E-state index contributed by atoms with van der Waals surface area (Å²) in [5.74, 6) is -0.0816. The molecule has 1 N–H and O–H groups in total. The third kappa shape index (κ3) is 2.83. The van der Waals surface area contributed by atoms with Gasteiger partial charge < -0.3 is 19.5 Å². The topological polar surface area (TPSA) is 89.4 Å². The number of hydrogen-bond acceptors (Lipinski definition) is 5. The Labute approximate surface area is 156 Å². The van der Waals surface area contributed by atoms with Gasteiger partial charge in [-0.05, 0) is 31.7 Å². The van der Waals surface area contributed by atoms with Crippen molar-refractivity contribution in [2.45, 2.75) is 50.2 Å². The van der Waals surface area contributed by atoms with Gasteiger partial charge >= 0.3 is 6.09 Å². The van der Waals surface area contributed by atoms with Gasteiger partial charge in [0.1, 0.15) is 11.1 Å². The molecule has 0 aromatic carbocycles. The molecular formula is C19H23N5O3. The van der Waals surface area contributed by atoms with E-state index in [4.69, 9.17) is 4.74 Å². The van der Waals surface area contributed by atoms with Gasteiger partial charge in [0.15, 0.2) is 5.65 Å². The summed E-state index contributed by atoms with van der Waals surface area (Å²) >= 11 is 0. The second kappa shape index (κ2) is 6.21. The third-order valence-corrected chi connectivity index (χ3v) is 6.07. The van der Waals surface area contributed by atoms with Crippen LogP contribution in [0.3, 0.4) is 0 Å². The number of hydrogen-bond donors (Lipinski definition) is 1. The van der Waals surface area contributed by atoms with Crippen LogP contribution in [-0.2, 0) is 4.74 Å². The maximum Gasteiger partial charge on any atom is 0.407 e. The van der Waals surface area contributed by atoms with Gasteiger partial charge in [-0.2, -0.15) is 0 Å². The van der Waals surface area contributed by atoms with Crippen LogP contribution in [0.15, 0.2) is 18.6 Å². The van der Waals surface area contributed by atoms with Gasteiger partial charge in [-0.25, -0.2) is 14.8 Å². The lowest BCUT2D eigenvalue weighted by Crippen LogP contribution is -2.52. The minimum absolute atomic E-state index is 0.0816. The molecule has 5 rings (SSSR count). The summed E-state index contributed by atoms with van der Waals surface area (Å²) in [5, 5.41) is 2.71. The number of nitrogens with zero attached hydrogens (tertiary/aromatic N) is 4. The second-order valence-electron chi connectivity index (χ2n) is 7.91. The molecule has 27 heavy (non-hydrogen) atoms. The van der Waals surface area contributed by atoms with Crippen molar-refractivity contribution in [2.75, 3.05) is 19.6 Å². The van der Waals surface area contributed by atoms with E-state index >= 15 is 0 Å². The van der Waals surface area contributed by atoms with E-state index in [1.807, 2.05) is 12.4 Å². The van der Waals surface area contributed by atoms with Crippen molar-refractivity contribution in [1.29, 1.82) is 0 Å². The lowest BCUT2D eigenvalue weighted by Gasteiger charge is -2.38. The predicted octanol–water partition coefficient (Wildman–Crippen LogP) is 2.26. The molecule has 1 spiro atoms. The smallest absolute Gasteiger partial charge is 0.407 e. The lowest BCUT2D eigenvalue weighted by molar-refractivity contribution is -0.00504. The van der Waals surface area contributed by atoms with E-state index < -0.39 is 11.7 Å². The molecule has 2 saturated heterocycles. The first-order chi connectivity index (χ1) is 13.1. The van der Waals surface area contributed by atoms with Crippen molar-refractivity contribution in [1.82, 2.24) is 24.8 Å². The molecule has 2 aromatic rings. The third-order valence-electron chi connectivity index (χ3n) is 6.07. The fourth-order valence-electron chi connectivity index (χ4n) is 4.67. The first-order valence-electron chi connectivity index (χ1n) is 9.72. The van der Waals surface area contributed by atoms with Crippen molar-refractivity contribution < 1.29 is 14.3 Å². The van der Waals surface area contributed by atoms with Crippen LogP contribution in [0.5, 0.6) is 0 Å². The number of rotatable bonds is 2. The number of fused-ring (bicyclic) bond motifs is 1. The van der Waals surface area contributed by atoms with Crippen LogP contribution in [0.25, 0.3) is 11.2 Å². The number of carbonyl (C=O) groups excluding carboxylic acids is 2. The summed E-state index contributed by atoms with van der Waals surface area (Å²) < 4.78 is 7.61. The van der Waals surface area contributed by atoms with Crippen molar-refractivity contribution in [3.05, 3.63) is 24.2 Å². The van der Waals surface area contributed by atoms with Crippen LogP contribution < -0.4 is 5.32 Å². The maximum absolute atomic E-state index is 13.0. The molecule has 2 aromatic heterocycles. The highest BCUT2D eigenvalue weighted by Crippen LogP contribution is 2.32. The number of piperidine rings is 1. The number of alkyl carbamates (subject to hydrolysis) is 1. The van der Waals surface area contributed by atoms with E-state index in [0.717, 1.165) is 36.8 Å². The first-order valence-corrected chi connectivity index (χ1v) is 9.72. The average molecular weight is 369 g/mol. The summed E-state index contributed by atoms with van der Waals surface area (Å²) in [6, 6.07) is 2.30. The standard InChI is InChI=1S/C19H23N5O3/c25-17(23-7-3-6-19(11-23)10-21-18(26)27-19)13-8-15-16(20-9-13)24(12-22-15)14-4-1-2-5-14/h8-9,12,14H,1-7,10-11H2,(H,21,26). The zero-order chi connectivity index (χ0) is 18.4. The van der Waals surface area contributed by atoms with Crippen LogP contribution in [-0.4, -0.2) is 56.7 Å². The van der Waals surface area contributed by atoms with E-state index in [0.29, 0.717) is 31.2 Å². The van der Waals surface area contributed by atoms with Gasteiger partial charge in [-0.3, -0.25) is 4.79 Å². The molecule has 4 heterocycles. The normalized spacial score (nSPS) is 25.9. The van der Waals surface area contributed by atoms with Crippen molar-refractivity contribution >= 4 is 23.2 Å². The molecule has 1 aliphatic carbocycles. The first kappa shape index (κ1) is 16.5. The summed E-state index contributed by atoms with van der Waals surface area (Å²) in [4.78, 5) is 35.3. The lowest BCUT2D eigenvalue weighted by atomic mass is 9.92. The predicted molar refractivity (Wildman–Crippen MR) is 97.4 cm³/mol. The molecule has 8 nitrogen and oxygen atoms in total. The second-order valence-corrected chi connectivity index (χ2v) is 7.91. The van der Waals surface area contributed by atoms with Crippen molar-refractivity contribution in [3.8, 4) is 0 Å². The number of likely N-dealkylation sites (tertiary alicyclic amines) is 1. The Kier molecular flexibility index (Phi) is 3.80. The minimum Gasteiger partial charge on any atom is -0.439 e. The quantitative estimate of drug-likeness (QED) is 0.877. The maximum atomic E-state index is 13.0. The molecule has 142 valence electrons. The van der Waals surface area contributed by atoms with Crippen LogP contribution in [0.4, 0.5) is 4.79 Å². The molecule has 3 fully saturated rings. The highest BCUT2D eigenvalue weighted by Gasteiger charge is 2.45. The van der Waals surface area contributed by atoms with Crippen molar-refractivity contribution in [2.24, 2.45) is 0 Å². The number of carbonyl (C=O) groups is 2. The average Bonchev–Trinajstić information content (AvgIpc) is 3.41. The van der Waals surface area contributed by atoms with E-state index in [9.17, 15) is 9.59 Å². The van der Waals surface area contributed by atoms with Crippen LogP contribution in [0.1, 0.15) is 54.9 Å². The van der Waals surface area contributed by atoms with E-state index in [2.05, 4.69) is 19.9 Å². The number of nitrogens with one attached hydrogen (secondary N) is 1. The number of aromatic nitrogens is 3. The Hall–Kier alpha value is -2.64. The van der Waals surface area contributed by atoms with Gasteiger partial charge in [0.25, 0.3) is 5.91 Å². The highest BCUT2D eigenvalue weighted by atomic mass is 16.6. The van der Waals surface area contributed by atoms with Crippen LogP contribution in [0, 0.1) is 0 Å². The zero-order valence-electron chi connectivity index (χ0n) is 15.2. The molecule has 1 atom stereocenters. The van der Waals surface area contributed by atoms with E-state index in [1.165, 1.54) is 12.8 Å². The highest BCUT2D eigenvalue weighted by molar-refractivity contribution is 5.96. The van der Waals surface area contributed by atoms with E-state index in [1.54, 1.807) is 11.1 Å². The Morgan fingerprint density at radius 1 is 1.26 bits per heavy atom. The number of ether oxygens (including phenoxy) is 1. The molecule has 3 aliphatic rings. The number of imidazole rings is 1. The summed E-state index contributed by atoms with van der Waals surface area (Å²) in [6.07, 6.45) is 9.51. The Bertz CT molecular complexity index is 904. The number of pyridine rings is 1. The van der Waals surface area contributed by atoms with Crippen LogP contribution >= 0.6 is 0 Å². The zero-order valence-corrected chi connectivity index (χ0v) is 15.2. The molecule has 1 saturated carbocycles. The minimum atomic E-state index is -0.591. The molecule has 0 radical (unpaired) electrons. The van der Waals surface area contributed by atoms with Gasteiger partial charge in [-0.1, -0.05) is 12.8 Å². The van der Waals surface area contributed by atoms with Crippen LogP contribution in [0.2, 0.25) is 0 Å². The van der Waals surface area contributed by atoms with Gasteiger partial charge in [0.05, 0.1) is 25.0 Å². The largest absolute Gasteiger partial charge is 0.439 e. The fraction of sp³-hybridized carbons (Fsp3) is 0.579. The van der Waals surface area contributed by atoms with Gasteiger partial charge in [0, 0.05) is 18.8 Å². The molecule has 2 aliphatic heterocycles. The summed E-state index contributed by atoms with van der Waals surface area (Å²) in [5.41, 5.74) is 1.55. The molecular weight excluding hydrogens is 346 g/mol. The monoisotopic (exact) mass is 369 g/mol. The molecule has 2 amide bonds. The number of amides is 2. The Balaban J connectivity index is 1.38. The molecule has 8 heteroatoms. The molecule has 0 bridgehead atoms. The SMILES string of the molecule is O=C1NCC2(CCCN(C(=O)c3cnc4c(c3)ncn4C3CCCC3)C2)O1. The molecule has 1 unspecified atom stereocenters. The van der Waals surface area contributed by atoms with E-state index in [-0.39, 0.29) is 5.91 Å². The van der Waals surface area contributed by atoms with Crippen molar-refractivity contribution in [3.63, 3.8) is 0 Å². The summed E-state index contributed by atoms with van der Waals surface area (Å²) in [6.45, 7) is 1.53. The Morgan fingerprint density at radius 3 is 2.89 bits per heavy atom. The van der Waals surface area contributed by atoms with Gasteiger partial charge in [-0.15, -0.1) is 0 Å².